The molecule has 68 valence electrons. The Balaban J connectivity index is -0.0000000326. The second-order valence-corrected chi connectivity index (χ2v) is 1.40. The third-order valence-electron chi connectivity index (χ3n) is 0.236. The normalized spacial score (nSPS) is 6.00. The maximum atomic E-state index is 4.47. The van der Waals surface area contributed by atoms with Crippen molar-refractivity contribution in [2.45, 2.75) is 35.1 Å². The zero-order valence-corrected chi connectivity index (χ0v) is 6.23. The Hall–Kier alpha value is -0.0800. The van der Waals surface area contributed by atoms with E-state index in [1.54, 1.807) is 14.2 Å². The van der Waals surface area contributed by atoms with E-state index in [9.17, 15) is 0 Å². The summed E-state index contributed by atoms with van der Waals surface area (Å²) < 4.78 is 8.94. The van der Waals surface area contributed by atoms with Gasteiger partial charge in [0, 0.05) is 14.2 Å². The van der Waals surface area contributed by atoms with Crippen molar-refractivity contribution in [2.24, 2.45) is 0 Å². The van der Waals surface area contributed by atoms with Crippen LogP contribution in [0.1, 0.15) is 35.1 Å². The molecule has 2 heteroatoms. The van der Waals surface area contributed by atoms with Gasteiger partial charge in [0.15, 0.2) is 0 Å². The van der Waals surface area contributed by atoms with Gasteiger partial charge < -0.3 is 9.47 Å². The van der Waals surface area contributed by atoms with Crippen LogP contribution in [-0.2, 0) is 9.47 Å². The minimum atomic E-state index is 0. The Kier molecular flexibility index (Phi) is 82.0. The Morgan fingerprint density at radius 1 is 0.900 bits per heavy atom. The van der Waals surface area contributed by atoms with Gasteiger partial charge in [-0.25, -0.2) is 0 Å². The summed E-state index contributed by atoms with van der Waals surface area (Å²) in [7, 11) is 3.17. The van der Waals surface area contributed by atoms with E-state index in [1.807, 2.05) is 0 Å². The average molecular weight is 152 g/mol. The van der Waals surface area contributed by atoms with E-state index in [1.165, 1.54) is 6.42 Å². The number of methoxy groups -OCH3 is 2. The highest BCUT2D eigenvalue weighted by Crippen LogP contribution is 1.60. The van der Waals surface area contributed by atoms with Gasteiger partial charge in [-0.05, 0) is 0 Å². The molecule has 2 nitrogen and oxygen atoms in total. The topological polar surface area (TPSA) is 18.5 Å². The maximum Gasteiger partial charge on any atom is 0.145 e. The fourth-order valence-corrected chi connectivity index (χ4v) is 0.118. The molecule has 0 saturated carbocycles. The highest BCUT2D eigenvalue weighted by molar-refractivity contribution is 3.92. The standard InChI is InChI=1S/C3H8O2.C3H8.2CH4/c1-4-3-5-2;1-3-2;;/h3H2,1-2H3;3H2,1-2H3;2*1H4. The summed E-state index contributed by atoms with van der Waals surface area (Å²) in [5, 5.41) is 0. The Bertz CT molecular complexity index is 21.2. The van der Waals surface area contributed by atoms with E-state index in [4.69, 9.17) is 0 Å². The number of rotatable bonds is 2. The lowest BCUT2D eigenvalue weighted by atomic mass is 10.6. The van der Waals surface area contributed by atoms with E-state index in [-0.39, 0.29) is 14.9 Å². The molecular weight excluding hydrogens is 128 g/mol. The largest absolute Gasteiger partial charge is 0.359 e. The van der Waals surface area contributed by atoms with Gasteiger partial charge in [-0.15, -0.1) is 0 Å². The van der Waals surface area contributed by atoms with Crippen LogP contribution in [0.3, 0.4) is 0 Å². The van der Waals surface area contributed by atoms with Crippen molar-refractivity contribution < 1.29 is 9.47 Å². The summed E-state index contributed by atoms with van der Waals surface area (Å²) in [6.07, 6.45) is 1.25. The second-order valence-electron chi connectivity index (χ2n) is 1.40. The smallest absolute Gasteiger partial charge is 0.145 e. The first kappa shape index (κ1) is 22.5. The number of hydrogen-bond donors (Lipinski definition) is 0. The molecule has 0 unspecified atom stereocenters. The third-order valence-corrected chi connectivity index (χ3v) is 0.236. The van der Waals surface area contributed by atoms with Crippen LogP contribution in [-0.4, -0.2) is 21.0 Å². The number of hydrogen-bond acceptors (Lipinski definition) is 2. The fraction of sp³-hybridized carbons (Fsp3) is 1.00. The van der Waals surface area contributed by atoms with Crippen molar-refractivity contribution in [2.75, 3.05) is 21.0 Å². The fourth-order valence-electron chi connectivity index (χ4n) is 0.118. The first-order valence-electron chi connectivity index (χ1n) is 2.81. The van der Waals surface area contributed by atoms with Crippen LogP contribution < -0.4 is 0 Å². The number of ether oxygens (including phenoxy) is 2. The van der Waals surface area contributed by atoms with Crippen molar-refractivity contribution >= 4 is 0 Å². The lowest BCUT2D eigenvalue weighted by Crippen LogP contribution is -1.87. The van der Waals surface area contributed by atoms with Crippen LogP contribution in [0.2, 0.25) is 0 Å². The predicted octanol–water partition coefficient (Wildman–Crippen LogP) is 2.93. The molecule has 0 aliphatic carbocycles. The molecule has 0 saturated heterocycles. The summed E-state index contributed by atoms with van der Waals surface area (Å²) in [4.78, 5) is 0. The van der Waals surface area contributed by atoms with Crippen LogP contribution in [0.5, 0.6) is 0 Å². The highest BCUT2D eigenvalue weighted by Gasteiger charge is 1.63. The summed E-state index contributed by atoms with van der Waals surface area (Å²) >= 11 is 0. The van der Waals surface area contributed by atoms with E-state index in [0.717, 1.165) is 0 Å². The molecule has 0 amide bonds. The van der Waals surface area contributed by atoms with Crippen molar-refractivity contribution in [1.82, 2.24) is 0 Å². The molecule has 0 aliphatic rings. The summed E-state index contributed by atoms with van der Waals surface area (Å²) in [5.41, 5.74) is 0. The molecule has 0 aromatic heterocycles. The molecule has 0 aromatic carbocycles. The summed E-state index contributed by atoms with van der Waals surface area (Å²) in [6, 6.07) is 0. The van der Waals surface area contributed by atoms with Crippen LogP contribution in [0.15, 0.2) is 0 Å². The van der Waals surface area contributed by atoms with Gasteiger partial charge in [0.1, 0.15) is 6.79 Å². The molecule has 0 radical (unpaired) electrons. The molecule has 0 spiro atoms. The van der Waals surface area contributed by atoms with Gasteiger partial charge >= 0.3 is 0 Å². The van der Waals surface area contributed by atoms with Crippen molar-refractivity contribution in [3.05, 3.63) is 0 Å². The lowest BCUT2D eigenvalue weighted by Gasteiger charge is -1.87. The minimum Gasteiger partial charge on any atom is -0.359 e. The molecule has 0 heterocycles. The predicted molar refractivity (Wildman–Crippen MR) is 48.3 cm³/mol. The average Bonchev–Trinajstić information content (AvgIpc) is 1.71. The Labute approximate surface area is 66.5 Å². The van der Waals surface area contributed by atoms with E-state index in [0.29, 0.717) is 6.79 Å². The Morgan fingerprint density at radius 2 is 1.10 bits per heavy atom. The minimum absolute atomic E-state index is 0. The highest BCUT2D eigenvalue weighted by atomic mass is 16.6. The zero-order valence-electron chi connectivity index (χ0n) is 6.23. The molecule has 0 aromatic rings. The first-order chi connectivity index (χ1) is 3.83. The third kappa shape index (κ3) is 103. The van der Waals surface area contributed by atoms with Gasteiger partial charge in [0.2, 0.25) is 0 Å². The van der Waals surface area contributed by atoms with Crippen LogP contribution in [0.4, 0.5) is 0 Å². The monoisotopic (exact) mass is 152 g/mol. The van der Waals surface area contributed by atoms with Crippen LogP contribution in [0, 0.1) is 0 Å². The molecule has 0 bridgehead atoms. The quantitative estimate of drug-likeness (QED) is 0.566. The van der Waals surface area contributed by atoms with Crippen molar-refractivity contribution in [3.8, 4) is 0 Å². The van der Waals surface area contributed by atoms with Crippen LogP contribution in [0.25, 0.3) is 0 Å². The molecular formula is C8H24O2. The molecule has 0 atom stereocenters. The van der Waals surface area contributed by atoms with Gasteiger partial charge in [0.05, 0.1) is 0 Å². The van der Waals surface area contributed by atoms with Gasteiger partial charge in [-0.2, -0.15) is 0 Å². The van der Waals surface area contributed by atoms with Gasteiger partial charge in [-0.1, -0.05) is 35.1 Å². The van der Waals surface area contributed by atoms with E-state index >= 15 is 0 Å². The molecule has 0 rings (SSSR count). The van der Waals surface area contributed by atoms with E-state index < -0.39 is 0 Å². The van der Waals surface area contributed by atoms with E-state index in [2.05, 4.69) is 23.3 Å². The van der Waals surface area contributed by atoms with Gasteiger partial charge in [-0.3, -0.25) is 0 Å². The van der Waals surface area contributed by atoms with Crippen molar-refractivity contribution in [3.63, 3.8) is 0 Å². The molecule has 0 fully saturated rings. The van der Waals surface area contributed by atoms with Crippen LogP contribution >= 0.6 is 0 Å². The molecule has 0 aliphatic heterocycles. The van der Waals surface area contributed by atoms with Crippen molar-refractivity contribution in [1.29, 1.82) is 0 Å². The molecule has 0 N–H and O–H groups in total. The molecule has 10 heavy (non-hydrogen) atoms. The maximum absolute atomic E-state index is 4.47. The second kappa shape index (κ2) is 36.4. The first-order valence-corrected chi connectivity index (χ1v) is 2.81. The summed E-state index contributed by atoms with van der Waals surface area (Å²) in [6.45, 7) is 4.64. The lowest BCUT2D eigenvalue weighted by molar-refractivity contribution is -0.00271. The zero-order chi connectivity index (χ0) is 6.83. The van der Waals surface area contributed by atoms with Gasteiger partial charge in [0.25, 0.3) is 0 Å². The Morgan fingerprint density at radius 3 is 1.10 bits per heavy atom. The SMILES string of the molecule is C.C.CCC.COCOC. The summed E-state index contributed by atoms with van der Waals surface area (Å²) in [5.74, 6) is 0.